The monoisotopic (exact) mass is 373 g/mol. The maximum Gasteiger partial charge on any atom is 0.243 e. The van der Waals surface area contributed by atoms with Crippen LogP contribution in [0.3, 0.4) is 0 Å². The van der Waals surface area contributed by atoms with E-state index >= 15 is 0 Å². The zero-order valence-corrected chi connectivity index (χ0v) is 14.0. The quantitative estimate of drug-likeness (QED) is 0.828. The van der Waals surface area contributed by atoms with Crippen molar-refractivity contribution >= 4 is 21.6 Å². The Morgan fingerprint density at radius 2 is 1.71 bits per heavy atom. The average molecular weight is 374 g/mol. The molecular weight excluding hydrogens is 360 g/mol. The summed E-state index contributed by atoms with van der Waals surface area (Å²) in [7, 11) is -3.85. The van der Waals surface area contributed by atoms with E-state index in [9.17, 15) is 17.2 Å². The van der Waals surface area contributed by atoms with Gasteiger partial charge in [-0.3, -0.25) is 0 Å². The lowest BCUT2D eigenvalue weighted by Gasteiger charge is -2.34. The lowest BCUT2D eigenvalue weighted by molar-refractivity contribution is 0.0319. The van der Waals surface area contributed by atoms with E-state index in [0.717, 1.165) is 18.2 Å². The van der Waals surface area contributed by atoms with Gasteiger partial charge in [-0.2, -0.15) is 4.31 Å². The average Bonchev–Trinajstić information content (AvgIpc) is 2.54. The van der Waals surface area contributed by atoms with E-state index in [1.165, 1.54) is 28.6 Å². The van der Waals surface area contributed by atoms with Crippen molar-refractivity contribution in [2.45, 2.75) is 10.9 Å². The first-order chi connectivity index (χ1) is 11.4. The largest absolute Gasteiger partial charge is 0.378 e. The van der Waals surface area contributed by atoms with Gasteiger partial charge >= 0.3 is 0 Å². The summed E-state index contributed by atoms with van der Waals surface area (Å²) in [6.45, 7) is 0.324. The maximum absolute atomic E-state index is 13.5. The van der Waals surface area contributed by atoms with Crippen molar-refractivity contribution < 1.29 is 21.9 Å². The van der Waals surface area contributed by atoms with Gasteiger partial charge in [0.2, 0.25) is 10.0 Å². The maximum atomic E-state index is 13.5. The Balaban J connectivity index is 2.01. The number of halogens is 3. The van der Waals surface area contributed by atoms with Crippen molar-refractivity contribution in [3.05, 3.63) is 64.7 Å². The van der Waals surface area contributed by atoms with Gasteiger partial charge in [0.1, 0.15) is 11.6 Å². The molecule has 0 N–H and O–H groups in total. The number of nitrogens with zero attached hydrogens (tertiary/aromatic N) is 1. The van der Waals surface area contributed by atoms with Crippen LogP contribution in [0.15, 0.2) is 47.4 Å². The van der Waals surface area contributed by atoms with Crippen LogP contribution in [0.5, 0.6) is 0 Å². The van der Waals surface area contributed by atoms with E-state index < -0.39 is 27.7 Å². The molecule has 1 saturated heterocycles. The highest BCUT2D eigenvalue weighted by Crippen LogP contribution is 2.31. The molecule has 0 aromatic heterocycles. The van der Waals surface area contributed by atoms with Gasteiger partial charge in [0, 0.05) is 17.6 Å². The van der Waals surface area contributed by atoms with E-state index in [0.29, 0.717) is 5.02 Å². The predicted octanol–water partition coefficient (Wildman–Crippen LogP) is 3.38. The standard InChI is InChI=1S/C16H14ClF2NO3S/c17-12-1-3-15(4-2-12)24(21,22)20-5-6-23-10-16(20)11-7-13(18)9-14(19)8-11/h1-4,7-9,16H,5-6,10H2/t16-/m0/s1. The molecule has 0 radical (unpaired) electrons. The van der Waals surface area contributed by atoms with Gasteiger partial charge < -0.3 is 4.74 Å². The molecule has 2 aromatic carbocycles. The van der Waals surface area contributed by atoms with Gasteiger partial charge in [0.05, 0.1) is 24.2 Å². The van der Waals surface area contributed by atoms with Crippen molar-refractivity contribution in [3.8, 4) is 0 Å². The summed E-state index contributed by atoms with van der Waals surface area (Å²) in [6, 6.07) is 7.93. The smallest absolute Gasteiger partial charge is 0.243 e. The van der Waals surface area contributed by atoms with Crippen LogP contribution in [-0.4, -0.2) is 32.5 Å². The molecule has 1 aliphatic heterocycles. The number of ether oxygens (including phenoxy) is 1. The summed E-state index contributed by atoms with van der Waals surface area (Å²) < 4.78 is 59.3. The van der Waals surface area contributed by atoms with Gasteiger partial charge in [0.25, 0.3) is 0 Å². The Morgan fingerprint density at radius 1 is 1.08 bits per heavy atom. The number of rotatable bonds is 3. The fourth-order valence-corrected chi connectivity index (χ4v) is 4.36. The zero-order valence-electron chi connectivity index (χ0n) is 12.5. The molecule has 0 bridgehead atoms. The van der Waals surface area contributed by atoms with Gasteiger partial charge in [-0.15, -0.1) is 0 Å². The van der Waals surface area contributed by atoms with Crippen LogP contribution in [0.1, 0.15) is 11.6 Å². The lowest BCUT2D eigenvalue weighted by Crippen LogP contribution is -2.43. The minimum absolute atomic E-state index is 0.0235. The van der Waals surface area contributed by atoms with E-state index in [-0.39, 0.29) is 30.2 Å². The minimum atomic E-state index is -3.85. The molecule has 0 aliphatic carbocycles. The van der Waals surface area contributed by atoms with Crippen molar-refractivity contribution in [1.29, 1.82) is 0 Å². The Labute approximate surface area is 143 Å². The van der Waals surface area contributed by atoms with Crippen LogP contribution in [0, 0.1) is 11.6 Å². The van der Waals surface area contributed by atoms with E-state index in [1.807, 2.05) is 0 Å². The molecule has 0 amide bonds. The van der Waals surface area contributed by atoms with Crippen molar-refractivity contribution in [1.82, 2.24) is 4.31 Å². The topological polar surface area (TPSA) is 46.6 Å². The number of morpholine rings is 1. The number of sulfonamides is 1. The van der Waals surface area contributed by atoms with E-state index in [4.69, 9.17) is 16.3 Å². The van der Waals surface area contributed by atoms with E-state index in [1.54, 1.807) is 0 Å². The molecule has 0 saturated carbocycles. The highest BCUT2D eigenvalue weighted by molar-refractivity contribution is 7.89. The molecule has 2 aromatic rings. The first-order valence-corrected chi connectivity index (χ1v) is 9.01. The Kier molecular flexibility index (Phi) is 4.87. The molecule has 1 atom stereocenters. The second-order valence-electron chi connectivity index (χ2n) is 5.36. The molecule has 128 valence electrons. The third-order valence-electron chi connectivity index (χ3n) is 3.77. The summed E-state index contributed by atoms with van der Waals surface area (Å²) in [6.07, 6.45) is 0. The summed E-state index contributed by atoms with van der Waals surface area (Å²) in [5, 5.41) is 0.416. The third kappa shape index (κ3) is 3.44. The number of benzene rings is 2. The van der Waals surface area contributed by atoms with Crippen LogP contribution in [0.25, 0.3) is 0 Å². The third-order valence-corrected chi connectivity index (χ3v) is 5.94. The first kappa shape index (κ1) is 17.3. The minimum Gasteiger partial charge on any atom is -0.378 e. The second kappa shape index (κ2) is 6.76. The van der Waals surface area contributed by atoms with E-state index in [2.05, 4.69) is 0 Å². The highest BCUT2D eigenvalue weighted by Gasteiger charge is 2.35. The molecule has 1 fully saturated rings. The van der Waals surface area contributed by atoms with Crippen LogP contribution in [0.4, 0.5) is 8.78 Å². The molecule has 3 rings (SSSR count). The van der Waals surface area contributed by atoms with Gasteiger partial charge in [-0.1, -0.05) is 11.6 Å². The molecule has 1 aliphatic rings. The number of hydrogen-bond acceptors (Lipinski definition) is 3. The summed E-state index contributed by atoms with van der Waals surface area (Å²) in [5.41, 5.74) is 0.213. The molecule has 4 nitrogen and oxygen atoms in total. The predicted molar refractivity (Wildman–Crippen MR) is 85.3 cm³/mol. The molecule has 8 heteroatoms. The van der Waals surface area contributed by atoms with Crippen molar-refractivity contribution in [2.24, 2.45) is 0 Å². The Morgan fingerprint density at radius 3 is 2.33 bits per heavy atom. The van der Waals surface area contributed by atoms with Crippen molar-refractivity contribution in [3.63, 3.8) is 0 Å². The highest BCUT2D eigenvalue weighted by atomic mass is 35.5. The molecule has 0 spiro atoms. The molecule has 24 heavy (non-hydrogen) atoms. The number of hydrogen-bond donors (Lipinski definition) is 0. The summed E-state index contributed by atoms with van der Waals surface area (Å²) in [4.78, 5) is 0.0654. The van der Waals surface area contributed by atoms with Gasteiger partial charge in [-0.05, 0) is 42.0 Å². The van der Waals surface area contributed by atoms with Crippen LogP contribution < -0.4 is 0 Å². The molecular formula is C16H14ClF2NO3S. The van der Waals surface area contributed by atoms with Crippen LogP contribution in [-0.2, 0) is 14.8 Å². The summed E-state index contributed by atoms with van der Waals surface area (Å²) >= 11 is 5.80. The molecule has 1 heterocycles. The molecule has 0 unspecified atom stereocenters. The Bertz CT molecular complexity index is 823. The fraction of sp³-hybridized carbons (Fsp3) is 0.250. The van der Waals surface area contributed by atoms with Crippen LogP contribution >= 0.6 is 11.6 Å². The second-order valence-corrected chi connectivity index (χ2v) is 7.69. The van der Waals surface area contributed by atoms with Crippen LogP contribution in [0.2, 0.25) is 5.02 Å². The van der Waals surface area contributed by atoms with Gasteiger partial charge in [0.15, 0.2) is 0 Å². The Hall–Kier alpha value is -1.54. The lowest BCUT2D eigenvalue weighted by atomic mass is 10.1. The summed E-state index contributed by atoms with van der Waals surface area (Å²) in [5.74, 6) is -1.53. The van der Waals surface area contributed by atoms with Gasteiger partial charge in [-0.25, -0.2) is 17.2 Å². The fourth-order valence-electron chi connectivity index (χ4n) is 2.65. The normalized spacial score (nSPS) is 19.4. The zero-order chi connectivity index (χ0) is 17.3. The van der Waals surface area contributed by atoms with Crippen molar-refractivity contribution in [2.75, 3.05) is 19.8 Å². The SMILES string of the molecule is O=S(=O)(c1ccc(Cl)cc1)N1CCOC[C@H]1c1cc(F)cc(F)c1. The first-order valence-electron chi connectivity index (χ1n) is 7.19.